The lowest BCUT2D eigenvalue weighted by molar-refractivity contribution is -0.139. The predicted octanol–water partition coefficient (Wildman–Crippen LogP) is 3.81. The fourth-order valence-electron chi connectivity index (χ4n) is 3.22. The molecule has 1 aliphatic heterocycles. The number of aromatic nitrogens is 1. The summed E-state index contributed by atoms with van der Waals surface area (Å²) in [6.07, 6.45) is 8.60. The lowest BCUT2D eigenvalue weighted by Gasteiger charge is -2.27. The van der Waals surface area contributed by atoms with E-state index < -0.39 is 0 Å². The fraction of sp³-hybridized carbons (Fsp3) is 0.350. The van der Waals surface area contributed by atoms with E-state index in [4.69, 9.17) is 4.74 Å². The highest BCUT2D eigenvalue weighted by molar-refractivity contribution is 5.83. The van der Waals surface area contributed by atoms with Gasteiger partial charge in [0.05, 0.1) is 13.5 Å². The van der Waals surface area contributed by atoms with E-state index in [0.717, 1.165) is 31.5 Å². The van der Waals surface area contributed by atoms with Crippen LogP contribution in [-0.4, -0.2) is 36.1 Å². The molecular weight excluding hydrogens is 300 g/mol. The van der Waals surface area contributed by atoms with Gasteiger partial charge in [0.15, 0.2) is 0 Å². The van der Waals surface area contributed by atoms with E-state index in [9.17, 15) is 4.79 Å². The number of nitrogens with zero attached hydrogens (tertiary/aromatic N) is 1. The number of hydrogen-bond donors (Lipinski definition) is 1. The van der Waals surface area contributed by atoms with Gasteiger partial charge in [0, 0.05) is 30.2 Å². The van der Waals surface area contributed by atoms with E-state index in [1.165, 1.54) is 29.1 Å². The van der Waals surface area contributed by atoms with Crippen LogP contribution in [0.3, 0.4) is 0 Å². The van der Waals surface area contributed by atoms with Crippen LogP contribution in [0.1, 0.15) is 25.3 Å². The minimum absolute atomic E-state index is 0.173. The molecule has 0 fully saturated rings. The molecule has 2 aromatic rings. The van der Waals surface area contributed by atoms with Gasteiger partial charge in [0.2, 0.25) is 0 Å². The summed E-state index contributed by atoms with van der Waals surface area (Å²) in [5.74, 6) is -0.173. The number of benzene rings is 1. The van der Waals surface area contributed by atoms with E-state index in [1.54, 1.807) is 0 Å². The lowest BCUT2D eigenvalue weighted by atomic mass is 9.99. The molecule has 0 amide bonds. The number of aromatic amines is 1. The zero-order valence-corrected chi connectivity index (χ0v) is 14.3. The molecule has 4 heteroatoms. The maximum atomic E-state index is 11.5. The summed E-state index contributed by atoms with van der Waals surface area (Å²) in [7, 11) is 1.44. The Balaban J connectivity index is 1.64. The summed E-state index contributed by atoms with van der Waals surface area (Å²) in [4.78, 5) is 17.2. The summed E-state index contributed by atoms with van der Waals surface area (Å²) >= 11 is 0. The van der Waals surface area contributed by atoms with Gasteiger partial charge in [0.25, 0.3) is 0 Å². The molecule has 1 aromatic carbocycles. The Morgan fingerprint density at radius 1 is 1.33 bits per heavy atom. The second kappa shape index (κ2) is 7.39. The second-order valence-corrected chi connectivity index (χ2v) is 6.13. The molecule has 1 aromatic heterocycles. The molecule has 0 unspecified atom stereocenters. The number of allylic oxidation sites excluding steroid dienone is 1. The highest BCUT2D eigenvalue weighted by Gasteiger charge is 2.15. The maximum Gasteiger partial charge on any atom is 0.309 e. The van der Waals surface area contributed by atoms with Crippen molar-refractivity contribution < 1.29 is 9.53 Å². The Kier molecular flexibility index (Phi) is 5.04. The van der Waals surface area contributed by atoms with Crippen molar-refractivity contribution >= 4 is 16.9 Å². The van der Waals surface area contributed by atoms with Gasteiger partial charge in [0.1, 0.15) is 0 Å². The summed E-state index contributed by atoms with van der Waals surface area (Å²) < 4.78 is 4.79. The lowest BCUT2D eigenvalue weighted by Crippen LogP contribution is -2.26. The van der Waals surface area contributed by atoms with Crippen LogP contribution in [0.5, 0.6) is 0 Å². The van der Waals surface area contributed by atoms with E-state index in [2.05, 4.69) is 59.5 Å². The molecule has 0 saturated carbocycles. The van der Waals surface area contributed by atoms with Crippen molar-refractivity contribution in [2.75, 3.05) is 20.2 Å². The zero-order chi connectivity index (χ0) is 16.9. The Morgan fingerprint density at radius 3 is 2.96 bits per heavy atom. The van der Waals surface area contributed by atoms with Gasteiger partial charge in [-0.3, -0.25) is 4.79 Å². The number of ether oxygens (including phenoxy) is 1. The summed E-state index contributed by atoms with van der Waals surface area (Å²) in [6, 6.07) is 8.41. The molecule has 126 valence electrons. The van der Waals surface area contributed by atoms with Crippen LogP contribution in [0.15, 0.2) is 53.9 Å². The molecule has 0 aliphatic carbocycles. The first-order valence-electron chi connectivity index (χ1n) is 8.46. The standard InChI is InChI=1S/C20H24N2O2/c1-3-15-14-22(10-8-16(15)12-20(23)24-2)11-9-17-13-21-19-7-5-4-6-18(17)19/h4-8,10,13,21H,3,9,11-12,14H2,1-2H3. The third-order valence-corrected chi connectivity index (χ3v) is 4.67. The Morgan fingerprint density at radius 2 is 2.17 bits per heavy atom. The number of H-pyrrole nitrogens is 1. The number of carbonyl (C=O) groups is 1. The van der Waals surface area contributed by atoms with Crippen molar-refractivity contribution in [1.82, 2.24) is 9.88 Å². The third-order valence-electron chi connectivity index (χ3n) is 4.67. The van der Waals surface area contributed by atoms with Gasteiger partial charge >= 0.3 is 5.97 Å². The number of rotatable bonds is 6. The van der Waals surface area contributed by atoms with Gasteiger partial charge in [-0.05, 0) is 47.9 Å². The molecular formula is C20H24N2O2. The average molecular weight is 324 g/mol. The first-order valence-corrected chi connectivity index (χ1v) is 8.46. The van der Waals surface area contributed by atoms with Crippen LogP contribution >= 0.6 is 0 Å². The molecule has 1 N–H and O–H groups in total. The van der Waals surface area contributed by atoms with Crippen LogP contribution < -0.4 is 0 Å². The molecule has 0 saturated heterocycles. The number of carbonyl (C=O) groups excluding carboxylic acids is 1. The normalized spacial score (nSPS) is 14.5. The average Bonchev–Trinajstić information content (AvgIpc) is 3.04. The van der Waals surface area contributed by atoms with Crippen molar-refractivity contribution in [2.24, 2.45) is 0 Å². The fourth-order valence-corrected chi connectivity index (χ4v) is 3.22. The smallest absolute Gasteiger partial charge is 0.309 e. The number of hydrogen-bond acceptors (Lipinski definition) is 3. The van der Waals surface area contributed by atoms with Gasteiger partial charge in [-0.2, -0.15) is 0 Å². The molecule has 24 heavy (non-hydrogen) atoms. The number of methoxy groups -OCH3 is 1. The van der Waals surface area contributed by atoms with Gasteiger partial charge in [-0.25, -0.2) is 0 Å². The van der Waals surface area contributed by atoms with Crippen LogP contribution in [0.25, 0.3) is 10.9 Å². The first kappa shape index (κ1) is 16.4. The minimum Gasteiger partial charge on any atom is -0.469 e. The van der Waals surface area contributed by atoms with Crippen LogP contribution in [-0.2, 0) is 16.0 Å². The van der Waals surface area contributed by atoms with Gasteiger partial charge in [-0.1, -0.05) is 25.1 Å². The largest absolute Gasteiger partial charge is 0.469 e. The highest BCUT2D eigenvalue weighted by Crippen LogP contribution is 2.23. The van der Waals surface area contributed by atoms with Crippen molar-refractivity contribution in [3.63, 3.8) is 0 Å². The maximum absolute atomic E-state index is 11.5. The summed E-state index contributed by atoms with van der Waals surface area (Å²) in [5, 5.41) is 1.30. The number of esters is 1. The van der Waals surface area contributed by atoms with Crippen LogP contribution in [0, 0.1) is 0 Å². The van der Waals surface area contributed by atoms with Crippen LogP contribution in [0.2, 0.25) is 0 Å². The SMILES string of the molecule is CCC1=C(CC(=O)OC)C=CN(CCc2c[nH]c3ccccc23)C1. The van der Waals surface area contributed by atoms with Crippen molar-refractivity contribution in [1.29, 1.82) is 0 Å². The van der Waals surface area contributed by atoms with Crippen molar-refractivity contribution in [3.05, 3.63) is 59.4 Å². The Labute approximate surface area is 142 Å². The molecule has 2 heterocycles. The molecule has 3 rings (SSSR count). The molecule has 4 nitrogen and oxygen atoms in total. The number of para-hydroxylation sites is 1. The van der Waals surface area contributed by atoms with Gasteiger partial charge < -0.3 is 14.6 Å². The Bertz CT molecular complexity index is 786. The van der Waals surface area contributed by atoms with E-state index >= 15 is 0 Å². The molecule has 0 atom stereocenters. The molecule has 0 bridgehead atoms. The highest BCUT2D eigenvalue weighted by atomic mass is 16.5. The quantitative estimate of drug-likeness (QED) is 0.822. The minimum atomic E-state index is -0.173. The first-order chi connectivity index (χ1) is 11.7. The van der Waals surface area contributed by atoms with Gasteiger partial charge in [-0.15, -0.1) is 0 Å². The molecule has 0 radical (unpaired) electrons. The van der Waals surface area contributed by atoms with E-state index in [1.807, 2.05) is 0 Å². The summed E-state index contributed by atoms with van der Waals surface area (Å²) in [6.45, 7) is 4.00. The Hall–Kier alpha value is -2.49. The van der Waals surface area contributed by atoms with E-state index in [-0.39, 0.29) is 5.97 Å². The topological polar surface area (TPSA) is 45.3 Å². The van der Waals surface area contributed by atoms with Crippen molar-refractivity contribution in [3.8, 4) is 0 Å². The molecule has 0 spiro atoms. The number of fused-ring (bicyclic) bond motifs is 1. The zero-order valence-electron chi connectivity index (χ0n) is 14.3. The van der Waals surface area contributed by atoms with Crippen LogP contribution in [0.4, 0.5) is 0 Å². The van der Waals surface area contributed by atoms with Crippen molar-refractivity contribution in [2.45, 2.75) is 26.2 Å². The predicted molar refractivity (Wildman–Crippen MR) is 96.7 cm³/mol. The summed E-state index contributed by atoms with van der Waals surface area (Å²) in [5.41, 5.74) is 4.96. The second-order valence-electron chi connectivity index (χ2n) is 6.13. The third kappa shape index (κ3) is 3.53. The number of nitrogens with one attached hydrogen (secondary N) is 1. The van der Waals surface area contributed by atoms with E-state index in [0.29, 0.717) is 6.42 Å². The molecule has 1 aliphatic rings. The monoisotopic (exact) mass is 324 g/mol.